The number of nitrogens with one attached hydrogen (secondary N) is 2. The van der Waals surface area contributed by atoms with Crippen LogP contribution in [0.4, 0.5) is 5.69 Å². The molecule has 2 aromatic rings. The van der Waals surface area contributed by atoms with Gasteiger partial charge in [-0.25, -0.2) is 0 Å². The Morgan fingerprint density at radius 2 is 1.95 bits per heavy atom. The van der Waals surface area contributed by atoms with Crippen molar-refractivity contribution in [3.05, 3.63) is 53.3 Å². The summed E-state index contributed by atoms with van der Waals surface area (Å²) < 4.78 is 0. The van der Waals surface area contributed by atoms with Crippen molar-refractivity contribution >= 4 is 17.9 Å². The molecule has 1 aromatic carbocycles. The van der Waals surface area contributed by atoms with Crippen LogP contribution in [-0.4, -0.2) is 17.2 Å². The standard InChI is InChI=1S/C16H18N2O2/c1-2-3-4-12-5-7-13(8-6-12)18-16(20)15-10-9-14(11-19)17-15/h5-11,17H,2-4H2,1H3,(H,18,20). The summed E-state index contributed by atoms with van der Waals surface area (Å²) in [6, 6.07) is 11.0. The number of aromatic nitrogens is 1. The largest absolute Gasteiger partial charge is 0.348 e. The molecule has 0 atom stereocenters. The highest BCUT2D eigenvalue weighted by Gasteiger charge is 2.08. The summed E-state index contributed by atoms with van der Waals surface area (Å²) in [7, 11) is 0. The Morgan fingerprint density at radius 3 is 2.55 bits per heavy atom. The average molecular weight is 270 g/mol. The maximum atomic E-state index is 11.9. The molecule has 0 spiro atoms. The number of unbranched alkanes of at least 4 members (excludes halogenated alkanes) is 1. The summed E-state index contributed by atoms with van der Waals surface area (Å²) in [5.74, 6) is -0.251. The third kappa shape index (κ3) is 3.57. The number of hydrogen-bond acceptors (Lipinski definition) is 2. The van der Waals surface area contributed by atoms with Gasteiger partial charge in [0.1, 0.15) is 5.69 Å². The molecule has 1 amide bonds. The van der Waals surface area contributed by atoms with Gasteiger partial charge in [-0.15, -0.1) is 0 Å². The lowest BCUT2D eigenvalue weighted by atomic mass is 10.1. The molecule has 0 aliphatic rings. The van der Waals surface area contributed by atoms with Gasteiger partial charge in [-0.2, -0.15) is 0 Å². The Hall–Kier alpha value is -2.36. The molecule has 0 fully saturated rings. The van der Waals surface area contributed by atoms with Crippen LogP contribution in [0.2, 0.25) is 0 Å². The first-order valence-electron chi connectivity index (χ1n) is 6.77. The van der Waals surface area contributed by atoms with E-state index in [-0.39, 0.29) is 5.91 Å². The summed E-state index contributed by atoms with van der Waals surface area (Å²) >= 11 is 0. The minimum atomic E-state index is -0.251. The van der Waals surface area contributed by atoms with E-state index in [0.717, 1.165) is 12.1 Å². The number of anilines is 1. The molecule has 0 aliphatic heterocycles. The zero-order valence-corrected chi connectivity index (χ0v) is 11.5. The van der Waals surface area contributed by atoms with E-state index in [1.807, 2.05) is 24.3 Å². The van der Waals surface area contributed by atoms with Crippen LogP contribution in [-0.2, 0) is 6.42 Å². The number of aldehydes is 1. The molecule has 4 heteroatoms. The van der Waals surface area contributed by atoms with Crippen molar-refractivity contribution in [3.8, 4) is 0 Å². The second-order valence-electron chi connectivity index (χ2n) is 4.70. The van der Waals surface area contributed by atoms with E-state index in [1.165, 1.54) is 18.4 Å². The third-order valence-corrected chi connectivity index (χ3v) is 3.11. The number of amides is 1. The number of aromatic amines is 1. The molecule has 0 saturated carbocycles. The summed E-state index contributed by atoms with van der Waals surface area (Å²) in [6.45, 7) is 2.17. The lowest BCUT2D eigenvalue weighted by Gasteiger charge is -2.05. The van der Waals surface area contributed by atoms with E-state index in [9.17, 15) is 9.59 Å². The molecule has 2 rings (SSSR count). The van der Waals surface area contributed by atoms with E-state index in [1.54, 1.807) is 12.1 Å². The highest BCUT2D eigenvalue weighted by Crippen LogP contribution is 2.13. The van der Waals surface area contributed by atoms with Crippen molar-refractivity contribution < 1.29 is 9.59 Å². The maximum Gasteiger partial charge on any atom is 0.272 e. The second-order valence-corrected chi connectivity index (χ2v) is 4.70. The minimum absolute atomic E-state index is 0.251. The van der Waals surface area contributed by atoms with Crippen molar-refractivity contribution in [2.45, 2.75) is 26.2 Å². The monoisotopic (exact) mass is 270 g/mol. The van der Waals surface area contributed by atoms with Crippen molar-refractivity contribution in [2.75, 3.05) is 5.32 Å². The number of aryl methyl sites for hydroxylation is 1. The fraction of sp³-hybridized carbons (Fsp3) is 0.250. The maximum absolute atomic E-state index is 11.9. The molecule has 104 valence electrons. The van der Waals surface area contributed by atoms with Gasteiger partial charge in [-0.1, -0.05) is 25.5 Å². The molecule has 0 aliphatic carbocycles. The number of carbonyl (C=O) groups excluding carboxylic acids is 2. The first-order valence-corrected chi connectivity index (χ1v) is 6.77. The van der Waals surface area contributed by atoms with E-state index in [4.69, 9.17) is 0 Å². The van der Waals surface area contributed by atoms with Crippen molar-refractivity contribution in [3.63, 3.8) is 0 Å². The highest BCUT2D eigenvalue weighted by molar-refractivity contribution is 6.03. The Kier molecular flexibility index (Phi) is 4.71. The Balaban J connectivity index is 1.98. The summed E-state index contributed by atoms with van der Waals surface area (Å²) in [5.41, 5.74) is 2.79. The van der Waals surface area contributed by atoms with Gasteiger partial charge in [0.25, 0.3) is 5.91 Å². The van der Waals surface area contributed by atoms with Crippen molar-refractivity contribution in [1.29, 1.82) is 0 Å². The number of rotatable bonds is 6. The summed E-state index contributed by atoms with van der Waals surface area (Å²) in [5, 5.41) is 2.79. The van der Waals surface area contributed by atoms with Gasteiger partial charge in [0, 0.05) is 5.69 Å². The summed E-state index contributed by atoms with van der Waals surface area (Å²) in [4.78, 5) is 25.2. The van der Waals surface area contributed by atoms with Crippen LogP contribution in [0.1, 0.15) is 46.3 Å². The average Bonchev–Trinajstić information content (AvgIpc) is 2.95. The molecule has 0 unspecified atom stereocenters. The molecule has 0 saturated heterocycles. The van der Waals surface area contributed by atoms with Gasteiger partial charge in [-0.05, 0) is 42.7 Å². The highest BCUT2D eigenvalue weighted by atomic mass is 16.2. The lowest BCUT2D eigenvalue weighted by molar-refractivity contribution is 0.102. The number of benzene rings is 1. The summed E-state index contributed by atoms with van der Waals surface area (Å²) in [6.07, 6.45) is 4.08. The first-order chi connectivity index (χ1) is 9.72. The number of carbonyl (C=O) groups is 2. The van der Waals surface area contributed by atoms with Gasteiger partial charge >= 0.3 is 0 Å². The van der Waals surface area contributed by atoms with E-state index >= 15 is 0 Å². The Labute approximate surface area is 118 Å². The van der Waals surface area contributed by atoms with Crippen molar-refractivity contribution in [1.82, 2.24) is 4.98 Å². The molecular formula is C16H18N2O2. The van der Waals surface area contributed by atoms with Crippen LogP contribution in [0.15, 0.2) is 36.4 Å². The van der Waals surface area contributed by atoms with E-state index < -0.39 is 0 Å². The smallest absolute Gasteiger partial charge is 0.272 e. The predicted octanol–water partition coefficient (Wildman–Crippen LogP) is 3.42. The van der Waals surface area contributed by atoms with Crippen molar-refractivity contribution in [2.24, 2.45) is 0 Å². The van der Waals surface area contributed by atoms with Gasteiger partial charge in [-0.3, -0.25) is 9.59 Å². The molecular weight excluding hydrogens is 252 g/mol. The van der Waals surface area contributed by atoms with E-state index in [2.05, 4.69) is 17.2 Å². The van der Waals surface area contributed by atoms with Crippen LogP contribution in [0.5, 0.6) is 0 Å². The van der Waals surface area contributed by atoms with Crippen LogP contribution in [0, 0.1) is 0 Å². The zero-order chi connectivity index (χ0) is 14.4. The van der Waals surface area contributed by atoms with Crippen LogP contribution >= 0.6 is 0 Å². The minimum Gasteiger partial charge on any atom is -0.348 e. The van der Waals surface area contributed by atoms with Gasteiger partial charge in [0.05, 0.1) is 5.69 Å². The molecule has 1 aromatic heterocycles. The Bertz CT molecular complexity index is 585. The normalized spacial score (nSPS) is 10.2. The van der Waals surface area contributed by atoms with Gasteiger partial charge < -0.3 is 10.3 Å². The molecule has 0 bridgehead atoms. The molecule has 2 N–H and O–H groups in total. The fourth-order valence-corrected chi connectivity index (χ4v) is 1.95. The Morgan fingerprint density at radius 1 is 1.20 bits per heavy atom. The molecule has 20 heavy (non-hydrogen) atoms. The van der Waals surface area contributed by atoms with Crippen LogP contribution in [0.3, 0.4) is 0 Å². The zero-order valence-electron chi connectivity index (χ0n) is 11.5. The third-order valence-electron chi connectivity index (χ3n) is 3.11. The van der Waals surface area contributed by atoms with Gasteiger partial charge in [0.2, 0.25) is 0 Å². The number of H-pyrrole nitrogens is 1. The quantitative estimate of drug-likeness (QED) is 0.790. The molecule has 4 nitrogen and oxygen atoms in total. The van der Waals surface area contributed by atoms with E-state index in [0.29, 0.717) is 17.7 Å². The predicted molar refractivity (Wildman–Crippen MR) is 79.2 cm³/mol. The first kappa shape index (κ1) is 14.1. The topological polar surface area (TPSA) is 62.0 Å². The second kappa shape index (κ2) is 6.70. The lowest BCUT2D eigenvalue weighted by Crippen LogP contribution is -2.12. The van der Waals surface area contributed by atoms with Crippen LogP contribution < -0.4 is 5.32 Å². The number of hydrogen-bond donors (Lipinski definition) is 2. The fourth-order valence-electron chi connectivity index (χ4n) is 1.95. The molecule has 1 heterocycles. The molecule has 0 radical (unpaired) electrons. The van der Waals surface area contributed by atoms with Gasteiger partial charge in [0.15, 0.2) is 6.29 Å². The SMILES string of the molecule is CCCCc1ccc(NC(=O)c2ccc(C=O)[nH]2)cc1. The van der Waals surface area contributed by atoms with Crippen LogP contribution in [0.25, 0.3) is 0 Å².